The fourth-order valence-corrected chi connectivity index (χ4v) is 2.81. The number of nitrogens with zero attached hydrogens (tertiary/aromatic N) is 3. The molecule has 7 nitrogen and oxygen atoms in total. The molecule has 1 amide bonds. The lowest BCUT2D eigenvalue weighted by atomic mass is 10.1. The number of benzene rings is 2. The summed E-state index contributed by atoms with van der Waals surface area (Å²) in [7, 11) is 0. The first-order valence-electron chi connectivity index (χ1n) is 9.27. The van der Waals surface area contributed by atoms with Gasteiger partial charge in [0.2, 0.25) is 0 Å². The van der Waals surface area contributed by atoms with Crippen molar-refractivity contribution in [2.45, 2.75) is 26.8 Å². The Balaban J connectivity index is 1.70. The summed E-state index contributed by atoms with van der Waals surface area (Å²) in [5.41, 5.74) is 2.43. The number of rotatable bonds is 8. The first-order valence-corrected chi connectivity index (χ1v) is 9.27. The first kappa shape index (κ1) is 19.4. The van der Waals surface area contributed by atoms with Gasteiger partial charge in [-0.1, -0.05) is 12.1 Å². The highest BCUT2D eigenvalue weighted by Gasteiger charge is 2.15. The third kappa shape index (κ3) is 4.49. The number of carbonyl (C=O) groups is 1. The van der Waals surface area contributed by atoms with E-state index in [0.717, 1.165) is 11.3 Å². The van der Waals surface area contributed by atoms with Crippen molar-refractivity contribution in [3.05, 3.63) is 66.2 Å². The molecule has 7 heteroatoms. The number of nitrogens with one attached hydrogen (secondary N) is 1. The van der Waals surface area contributed by atoms with E-state index in [1.807, 2.05) is 45.0 Å². The Labute approximate surface area is 164 Å². The minimum absolute atomic E-state index is 0.153. The van der Waals surface area contributed by atoms with Gasteiger partial charge in [0, 0.05) is 5.56 Å². The minimum Gasteiger partial charge on any atom is -0.490 e. The second-order valence-corrected chi connectivity index (χ2v) is 6.15. The maximum Gasteiger partial charge on any atom is 0.251 e. The standard InChI is InChI=1S/C21H24N4O3/c1-4-27-19-11-8-17(12-20(19)28-5-2)21(26)24-15(3)16-6-9-18(10-7-16)25-14-22-13-23-25/h6-15H,4-5H2,1-3H3,(H,24,26). The van der Waals surface area contributed by atoms with E-state index in [2.05, 4.69) is 15.4 Å². The van der Waals surface area contributed by atoms with E-state index in [1.54, 1.807) is 29.2 Å². The smallest absolute Gasteiger partial charge is 0.251 e. The summed E-state index contributed by atoms with van der Waals surface area (Å²) in [6.45, 7) is 6.78. The average Bonchev–Trinajstić information content (AvgIpc) is 3.24. The van der Waals surface area contributed by atoms with Gasteiger partial charge in [-0.05, 0) is 56.7 Å². The molecule has 1 N–H and O–H groups in total. The molecule has 0 saturated carbocycles. The normalized spacial score (nSPS) is 11.7. The van der Waals surface area contributed by atoms with Gasteiger partial charge in [0.15, 0.2) is 11.5 Å². The van der Waals surface area contributed by atoms with Gasteiger partial charge in [-0.15, -0.1) is 0 Å². The summed E-state index contributed by atoms with van der Waals surface area (Å²) in [6, 6.07) is 12.9. The molecule has 3 rings (SSSR count). The van der Waals surface area contributed by atoms with E-state index >= 15 is 0 Å². The van der Waals surface area contributed by atoms with E-state index in [4.69, 9.17) is 9.47 Å². The molecular formula is C21H24N4O3. The zero-order valence-electron chi connectivity index (χ0n) is 16.3. The molecule has 0 aliphatic carbocycles. The highest BCUT2D eigenvalue weighted by molar-refractivity contribution is 5.95. The van der Waals surface area contributed by atoms with Gasteiger partial charge in [-0.3, -0.25) is 4.79 Å². The van der Waals surface area contributed by atoms with E-state index in [-0.39, 0.29) is 11.9 Å². The molecule has 0 bridgehead atoms. The van der Waals surface area contributed by atoms with Crippen molar-refractivity contribution in [1.82, 2.24) is 20.1 Å². The topological polar surface area (TPSA) is 78.3 Å². The molecule has 2 aromatic carbocycles. The molecule has 1 unspecified atom stereocenters. The summed E-state index contributed by atoms with van der Waals surface area (Å²) >= 11 is 0. The van der Waals surface area contributed by atoms with Crippen molar-refractivity contribution in [2.75, 3.05) is 13.2 Å². The lowest BCUT2D eigenvalue weighted by Gasteiger charge is -2.16. The van der Waals surface area contributed by atoms with Crippen LogP contribution in [-0.4, -0.2) is 33.9 Å². The van der Waals surface area contributed by atoms with Gasteiger partial charge < -0.3 is 14.8 Å². The zero-order chi connectivity index (χ0) is 19.9. The van der Waals surface area contributed by atoms with Crippen LogP contribution in [0.4, 0.5) is 0 Å². The molecular weight excluding hydrogens is 356 g/mol. The molecule has 0 aliphatic rings. The van der Waals surface area contributed by atoms with Crippen LogP contribution >= 0.6 is 0 Å². The molecule has 1 atom stereocenters. The van der Waals surface area contributed by atoms with Crippen LogP contribution in [0.25, 0.3) is 5.69 Å². The van der Waals surface area contributed by atoms with Crippen LogP contribution < -0.4 is 14.8 Å². The van der Waals surface area contributed by atoms with Crippen molar-refractivity contribution in [1.29, 1.82) is 0 Å². The summed E-state index contributed by atoms with van der Waals surface area (Å²) in [6.07, 6.45) is 3.13. The van der Waals surface area contributed by atoms with Gasteiger partial charge in [-0.25, -0.2) is 9.67 Å². The minimum atomic E-state index is -0.170. The van der Waals surface area contributed by atoms with Crippen LogP contribution in [0.2, 0.25) is 0 Å². The second-order valence-electron chi connectivity index (χ2n) is 6.15. The van der Waals surface area contributed by atoms with E-state index in [0.29, 0.717) is 30.3 Å². The summed E-state index contributed by atoms with van der Waals surface area (Å²) in [4.78, 5) is 16.6. The van der Waals surface area contributed by atoms with Gasteiger partial charge in [-0.2, -0.15) is 5.10 Å². The van der Waals surface area contributed by atoms with Crippen molar-refractivity contribution >= 4 is 5.91 Å². The number of carbonyl (C=O) groups excluding carboxylic acids is 1. The molecule has 146 valence electrons. The highest BCUT2D eigenvalue weighted by atomic mass is 16.5. The Morgan fingerprint density at radius 3 is 2.43 bits per heavy atom. The number of hydrogen-bond donors (Lipinski definition) is 1. The monoisotopic (exact) mass is 380 g/mol. The predicted molar refractivity (Wildman–Crippen MR) is 106 cm³/mol. The van der Waals surface area contributed by atoms with Crippen LogP contribution in [0.3, 0.4) is 0 Å². The third-order valence-electron chi connectivity index (χ3n) is 4.23. The summed E-state index contributed by atoms with van der Waals surface area (Å²) in [5, 5.41) is 7.12. The van der Waals surface area contributed by atoms with Gasteiger partial charge in [0.25, 0.3) is 5.91 Å². The number of hydrogen-bond acceptors (Lipinski definition) is 5. The molecule has 0 aliphatic heterocycles. The predicted octanol–water partition coefficient (Wildman–Crippen LogP) is 3.56. The molecule has 0 saturated heterocycles. The molecule has 28 heavy (non-hydrogen) atoms. The quantitative estimate of drug-likeness (QED) is 0.646. The fraction of sp³-hybridized carbons (Fsp3) is 0.286. The van der Waals surface area contributed by atoms with E-state index < -0.39 is 0 Å². The van der Waals surface area contributed by atoms with Gasteiger partial charge in [0.05, 0.1) is 24.9 Å². The van der Waals surface area contributed by atoms with E-state index in [9.17, 15) is 4.79 Å². The molecule has 3 aromatic rings. The molecule has 0 fully saturated rings. The maximum atomic E-state index is 12.7. The molecule has 0 radical (unpaired) electrons. The third-order valence-corrected chi connectivity index (χ3v) is 4.23. The number of ether oxygens (including phenoxy) is 2. The van der Waals surface area contributed by atoms with Crippen LogP contribution in [-0.2, 0) is 0 Å². The van der Waals surface area contributed by atoms with E-state index in [1.165, 1.54) is 6.33 Å². The fourth-order valence-electron chi connectivity index (χ4n) is 2.81. The Kier molecular flexibility index (Phi) is 6.26. The maximum absolute atomic E-state index is 12.7. The summed E-state index contributed by atoms with van der Waals surface area (Å²) in [5.74, 6) is 1.04. The highest BCUT2D eigenvalue weighted by Crippen LogP contribution is 2.28. The average molecular weight is 380 g/mol. The largest absolute Gasteiger partial charge is 0.490 e. The number of amides is 1. The van der Waals surface area contributed by atoms with Gasteiger partial charge >= 0.3 is 0 Å². The van der Waals surface area contributed by atoms with Crippen LogP contribution in [0.15, 0.2) is 55.1 Å². The zero-order valence-corrected chi connectivity index (χ0v) is 16.3. The lowest BCUT2D eigenvalue weighted by molar-refractivity contribution is 0.0939. The van der Waals surface area contributed by atoms with Gasteiger partial charge in [0.1, 0.15) is 12.7 Å². The van der Waals surface area contributed by atoms with Crippen molar-refractivity contribution in [3.63, 3.8) is 0 Å². The molecule has 1 aromatic heterocycles. The van der Waals surface area contributed by atoms with Crippen molar-refractivity contribution in [2.24, 2.45) is 0 Å². The van der Waals surface area contributed by atoms with Crippen LogP contribution in [0.5, 0.6) is 11.5 Å². The van der Waals surface area contributed by atoms with Crippen molar-refractivity contribution < 1.29 is 14.3 Å². The summed E-state index contributed by atoms with van der Waals surface area (Å²) < 4.78 is 12.8. The Morgan fingerprint density at radius 1 is 1.07 bits per heavy atom. The Morgan fingerprint density at radius 2 is 1.79 bits per heavy atom. The SMILES string of the molecule is CCOc1ccc(C(=O)NC(C)c2ccc(-n3cncn3)cc2)cc1OCC. The Bertz CT molecular complexity index is 908. The number of aromatic nitrogens is 3. The lowest BCUT2D eigenvalue weighted by Crippen LogP contribution is -2.26. The van der Waals surface area contributed by atoms with Crippen LogP contribution in [0, 0.1) is 0 Å². The molecule has 1 heterocycles. The van der Waals surface area contributed by atoms with Crippen molar-refractivity contribution in [3.8, 4) is 17.2 Å². The second kappa shape index (κ2) is 9.03. The first-order chi connectivity index (χ1) is 13.6. The van der Waals surface area contributed by atoms with Crippen LogP contribution in [0.1, 0.15) is 42.7 Å². The molecule has 0 spiro atoms. The Hall–Kier alpha value is -3.35.